The third-order valence-corrected chi connectivity index (χ3v) is 2.83. The highest BCUT2D eigenvalue weighted by atomic mass is 35.5. The molecule has 4 N–H and O–H groups in total. The quantitative estimate of drug-likeness (QED) is 0.593. The van der Waals surface area contributed by atoms with Gasteiger partial charge >= 0.3 is 0 Å². The summed E-state index contributed by atoms with van der Waals surface area (Å²) in [6, 6.07) is 12.0. The number of nitrogens with two attached hydrogens (primary N) is 1. The van der Waals surface area contributed by atoms with Crippen LogP contribution in [0.2, 0.25) is 5.02 Å². The summed E-state index contributed by atoms with van der Waals surface area (Å²) < 4.78 is 5.71. The molecule has 0 fully saturated rings. The standard InChI is InChI=1S/C14H13ClN2O2/c15-10-5-6-11(14(16)17)13(7-10)19-12-4-2-1-3-9(12)8-18/h1-7,18H,8H2,(H3,16,17). The maximum Gasteiger partial charge on any atom is 0.139 e. The number of rotatable bonds is 4. The Balaban J connectivity index is 2.42. The summed E-state index contributed by atoms with van der Waals surface area (Å²) in [4.78, 5) is 0. The Morgan fingerprint density at radius 3 is 2.63 bits per heavy atom. The highest BCUT2D eigenvalue weighted by molar-refractivity contribution is 6.30. The van der Waals surface area contributed by atoms with E-state index in [1.165, 1.54) is 0 Å². The first-order chi connectivity index (χ1) is 9.11. The van der Waals surface area contributed by atoms with E-state index in [9.17, 15) is 5.11 Å². The predicted octanol–water partition coefficient (Wildman–Crippen LogP) is 2.91. The van der Waals surface area contributed by atoms with Crippen molar-refractivity contribution in [1.82, 2.24) is 0 Å². The molecule has 0 aromatic heterocycles. The molecule has 0 heterocycles. The molecule has 0 saturated heterocycles. The van der Waals surface area contributed by atoms with Gasteiger partial charge < -0.3 is 15.6 Å². The zero-order valence-corrected chi connectivity index (χ0v) is 10.8. The second-order valence-corrected chi connectivity index (χ2v) is 4.36. The van der Waals surface area contributed by atoms with E-state index in [4.69, 9.17) is 27.5 Å². The SMILES string of the molecule is N=C(N)c1ccc(Cl)cc1Oc1ccccc1CO. The van der Waals surface area contributed by atoms with Gasteiger partial charge in [-0.3, -0.25) is 5.41 Å². The molecular weight excluding hydrogens is 264 g/mol. The number of nitrogen functional groups attached to an aromatic ring is 1. The highest BCUT2D eigenvalue weighted by Gasteiger charge is 2.10. The molecule has 0 radical (unpaired) electrons. The van der Waals surface area contributed by atoms with Crippen molar-refractivity contribution in [2.75, 3.05) is 0 Å². The Morgan fingerprint density at radius 1 is 1.21 bits per heavy atom. The van der Waals surface area contributed by atoms with Gasteiger partial charge in [0, 0.05) is 16.7 Å². The number of halogens is 1. The lowest BCUT2D eigenvalue weighted by Gasteiger charge is -2.13. The number of nitrogens with one attached hydrogen (secondary N) is 1. The number of para-hydroxylation sites is 1. The van der Waals surface area contributed by atoms with Crippen LogP contribution in [0.5, 0.6) is 11.5 Å². The smallest absolute Gasteiger partial charge is 0.139 e. The molecule has 5 heteroatoms. The van der Waals surface area contributed by atoms with Gasteiger partial charge in [0.25, 0.3) is 0 Å². The third kappa shape index (κ3) is 3.05. The average Bonchev–Trinajstić information content (AvgIpc) is 2.39. The fraction of sp³-hybridized carbons (Fsp3) is 0.0714. The summed E-state index contributed by atoms with van der Waals surface area (Å²) in [6.45, 7) is -0.133. The Bertz CT molecular complexity index is 614. The molecule has 2 aromatic rings. The zero-order chi connectivity index (χ0) is 13.8. The predicted molar refractivity (Wildman–Crippen MR) is 74.9 cm³/mol. The van der Waals surface area contributed by atoms with Crippen LogP contribution in [0.4, 0.5) is 0 Å². The summed E-state index contributed by atoms with van der Waals surface area (Å²) in [7, 11) is 0. The minimum atomic E-state index is -0.133. The van der Waals surface area contributed by atoms with Crippen LogP contribution in [0.1, 0.15) is 11.1 Å². The topological polar surface area (TPSA) is 79.3 Å². The van der Waals surface area contributed by atoms with Crippen molar-refractivity contribution in [3.8, 4) is 11.5 Å². The zero-order valence-electron chi connectivity index (χ0n) is 10.1. The minimum absolute atomic E-state index is 0.104. The minimum Gasteiger partial charge on any atom is -0.456 e. The Labute approximate surface area is 115 Å². The van der Waals surface area contributed by atoms with E-state index in [1.807, 2.05) is 6.07 Å². The number of amidine groups is 1. The van der Waals surface area contributed by atoms with Crippen LogP contribution >= 0.6 is 11.6 Å². The molecule has 0 unspecified atom stereocenters. The van der Waals surface area contributed by atoms with Crippen molar-refractivity contribution in [2.24, 2.45) is 5.73 Å². The number of aliphatic hydroxyl groups is 1. The summed E-state index contributed by atoms with van der Waals surface area (Å²) in [5.74, 6) is 0.795. The van der Waals surface area contributed by atoms with E-state index >= 15 is 0 Å². The van der Waals surface area contributed by atoms with E-state index in [0.29, 0.717) is 27.6 Å². The number of aliphatic hydroxyl groups excluding tert-OH is 1. The number of ether oxygens (including phenoxy) is 1. The van der Waals surface area contributed by atoms with Crippen LogP contribution in [-0.2, 0) is 6.61 Å². The average molecular weight is 277 g/mol. The summed E-state index contributed by atoms with van der Waals surface area (Å²) in [5, 5.41) is 17.3. The van der Waals surface area contributed by atoms with Crippen molar-refractivity contribution >= 4 is 17.4 Å². The van der Waals surface area contributed by atoms with Crippen molar-refractivity contribution < 1.29 is 9.84 Å². The Kier molecular flexibility index (Phi) is 4.04. The molecule has 0 aliphatic rings. The van der Waals surface area contributed by atoms with Crippen molar-refractivity contribution in [1.29, 1.82) is 5.41 Å². The molecule has 98 valence electrons. The molecule has 0 amide bonds. The molecule has 2 aromatic carbocycles. The van der Waals surface area contributed by atoms with E-state index in [-0.39, 0.29) is 12.4 Å². The largest absolute Gasteiger partial charge is 0.456 e. The molecule has 2 rings (SSSR count). The number of benzene rings is 2. The van der Waals surface area contributed by atoms with Crippen LogP contribution in [0.3, 0.4) is 0 Å². The van der Waals surface area contributed by atoms with Gasteiger partial charge in [0.2, 0.25) is 0 Å². The summed E-state index contributed by atoms with van der Waals surface area (Å²) in [6.07, 6.45) is 0. The van der Waals surface area contributed by atoms with Gasteiger partial charge in [-0.1, -0.05) is 29.8 Å². The van der Waals surface area contributed by atoms with Crippen LogP contribution < -0.4 is 10.5 Å². The lowest BCUT2D eigenvalue weighted by atomic mass is 10.1. The van der Waals surface area contributed by atoms with Crippen molar-refractivity contribution in [2.45, 2.75) is 6.61 Å². The fourth-order valence-corrected chi connectivity index (χ4v) is 1.82. The summed E-state index contributed by atoms with van der Waals surface area (Å²) >= 11 is 5.92. The Hall–Kier alpha value is -2.04. The highest BCUT2D eigenvalue weighted by Crippen LogP contribution is 2.30. The first-order valence-electron chi connectivity index (χ1n) is 5.62. The molecular formula is C14H13ClN2O2. The van der Waals surface area contributed by atoms with Gasteiger partial charge in [0.15, 0.2) is 0 Å². The van der Waals surface area contributed by atoms with Crippen LogP contribution in [0.15, 0.2) is 42.5 Å². The van der Waals surface area contributed by atoms with Gasteiger partial charge in [-0.25, -0.2) is 0 Å². The molecule has 0 bridgehead atoms. The first kappa shape index (κ1) is 13.4. The fourth-order valence-electron chi connectivity index (χ4n) is 1.66. The van der Waals surface area contributed by atoms with E-state index < -0.39 is 0 Å². The monoisotopic (exact) mass is 276 g/mol. The van der Waals surface area contributed by atoms with Crippen LogP contribution in [0.25, 0.3) is 0 Å². The second kappa shape index (κ2) is 5.73. The van der Waals surface area contributed by atoms with Crippen LogP contribution in [0, 0.1) is 5.41 Å². The van der Waals surface area contributed by atoms with Crippen molar-refractivity contribution in [3.63, 3.8) is 0 Å². The molecule has 0 atom stereocenters. The molecule has 0 aliphatic carbocycles. The summed E-state index contributed by atoms with van der Waals surface area (Å²) in [5.41, 5.74) is 6.61. The molecule has 0 aliphatic heterocycles. The lowest BCUT2D eigenvalue weighted by molar-refractivity contribution is 0.276. The normalized spacial score (nSPS) is 10.2. The van der Waals surface area contributed by atoms with Gasteiger partial charge in [-0.05, 0) is 18.2 Å². The third-order valence-electron chi connectivity index (χ3n) is 2.60. The van der Waals surface area contributed by atoms with E-state index in [1.54, 1.807) is 36.4 Å². The Morgan fingerprint density at radius 2 is 1.95 bits per heavy atom. The maximum atomic E-state index is 9.26. The second-order valence-electron chi connectivity index (χ2n) is 3.92. The molecule has 0 spiro atoms. The molecule has 19 heavy (non-hydrogen) atoms. The van der Waals surface area contributed by atoms with Gasteiger partial charge in [0.05, 0.1) is 12.2 Å². The van der Waals surface area contributed by atoms with E-state index in [0.717, 1.165) is 0 Å². The lowest BCUT2D eigenvalue weighted by Crippen LogP contribution is -2.12. The van der Waals surface area contributed by atoms with Gasteiger partial charge in [-0.15, -0.1) is 0 Å². The van der Waals surface area contributed by atoms with Crippen molar-refractivity contribution in [3.05, 3.63) is 58.6 Å². The molecule has 0 saturated carbocycles. The first-order valence-corrected chi connectivity index (χ1v) is 6.00. The molecule has 4 nitrogen and oxygen atoms in total. The maximum absolute atomic E-state index is 9.26. The van der Waals surface area contributed by atoms with Gasteiger partial charge in [-0.2, -0.15) is 0 Å². The number of hydrogen-bond acceptors (Lipinski definition) is 3. The van der Waals surface area contributed by atoms with Gasteiger partial charge in [0.1, 0.15) is 17.3 Å². The number of hydrogen-bond donors (Lipinski definition) is 3. The van der Waals surface area contributed by atoms with E-state index in [2.05, 4.69) is 0 Å². The van der Waals surface area contributed by atoms with Crippen LogP contribution in [-0.4, -0.2) is 10.9 Å².